The number of ether oxygens (including phenoxy) is 3. The second-order valence-electron chi connectivity index (χ2n) is 31.2. The Morgan fingerprint density at radius 1 is 0.664 bits per heavy atom. The van der Waals surface area contributed by atoms with Gasteiger partial charge in [0.25, 0.3) is 0 Å². The van der Waals surface area contributed by atoms with E-state index >= 15 is 0 Å². The highest BCUT2D eigenvalue weighted by Crippen LogP contribution is 2.34. The number of urea groups is 1. The molecule has 0 saturated carbocycles. The summed E-state index contributed by atoms with van der Waals surface area (Å²) in [5.74, 6) is -7.27. The monoisotopic (exact) mass is 1560 g/mol. The number of nitrogens with one attached hydrogen (secondary N) is 3. The van der Waals surface area contributed by atoms with Gasteiger partial charge in [-0.1, -0.05) is 143 Å². The molecule has 2 aromatic carbocycles. The lowest BCUT2D eigenvalue weighted by molar-refractivity contribution is -0.149. The largest absolute Gasteiger partial charge is 0.481 e. The van der Waals surface area contributed by atoms with E-state index in [0.29, 0.717) is 87.9 Å². The van der Waals surface area contributed by atoms with Gasteiger partial charge in [0.15, 0.2) is 11.6 Å². The molecule has 0 radical (unpaired) electrons. The number of aliphatic carboxylic acids is 1. The summed E-state index contributed by atoms with van der Waals surface area (Å²) in [5.41, 5.74) is 12.9. The Hall–Kier alpha value is -7.62. The van der Waals surface area contributed by atoms with Gasteiger partial charge in [0.05, 0.1) is 54.0 Å². The number of ketones is 4. The molecule has 2 unspecified atom stereocenters. The third kappa shape index (κ3) is 31.2. The number of unbranched alkanes of at least 4 members (excludes halogenated alkanes) is 6. The van der Waals surface area contributed by atoms with Gasteiger partial charge in [-0.05, 0) is 123 Å². The van der Waals surface area contributed by atoms with Crippen LogP contribution in [0.25, 0.3) is 0 Å². The van der Waals surface area contributed by atoms with Gasteiger partial charge in [-0.15, -0.1) is 11.8 Å². The van der Waals surface area contributed by atoms with Crippen molar-refractivity contribution in [1.82, 2.24) is 35.6 Å². The highest BCUT2D eigenvalue weighted by Gasteiger charge is 2.45. The van der Waals surface area contributed by atoms with Crippen LogP contribution in [0.1, 0.15) is 214 Å². The smallest absolute Gasteiger partial charge is 0.410 e. The number of amides is 9. The molecule has 26 nitrogen and oxygen atoms in total. The summed E-state index contributed by atoms with van der Waals surface area (Å²) in [6, 6.07) is 12.3. The molecule has 0 bridgehead atoms. The van der Waals surface area contributed by atoms with Gasteiger partial charge in [0.1, 0.15) is 18.2 Å². The molecular weight excluding hydrogens is 1430 g/mol. The number of carboxylic acids is 1. The SMILES string of the molecule is CC[C@H](C)[C@@H]([C@@H](CC(=O)N1CCC[C@H]1[C@H](OC)[C@@H](C)C(=O)C[C@@H](Cc1ccccc1)C(=O)O)OC)N(C)C(=O)[C@@H](CC(=O)[C@H](C(C)C)N(C)C(=O)OCc1ccc(CC(=O)[C@H](CCCNC(N)=O)CC(=O)C(NC(=O)CCCCCN2C(=O)CC(SCCCCCC(=O)NCCCCCN)C2=O)C(C)C)cc1)C(C)C. The Bertz CT molecular complexity index is 3280. The zero-order valence-electron chi connectivity index (χ0n) is 67.9. The number of methoxy groups -OCH3 is 2. The minimum absolute atomic E-state index is 0.0383. The maximum absolute atomic E-state index is 14.9. The summed E-state index contributed by atoms with van der Waals surface area (Å²) in [7, 11) is 6.14. The topological polar surface area (TPSA) is 371 Å². The van der Waals surface area contributed by atoms with Gasteiger partial charge in [0.2, 0.25) is 35.4 Å². The molecule has 2 saturated heterocycles. The van der Waals surface area contributed by atoms with Gasteiger partial charge in [-0.25, -0.2) is 9.59 Å². The third-order valence-corrected chi connectivity index (χ3v) is 23.1. The van der Waals surface area contributed by atoms with Crippen molar-refractivity contribution in [2.75, 3.05) is 66.8 Å². The average molecular weight is 1560 g/mol. The Morgan fingerprint density at radius 3 is 1.91 bits per heavy atom. The van der Waals surface area contributed by atoms with E-state index in [1.165, 1.54) is 42.8 Å². The molecule has 0 spiro atoms. The minimum atomic E-state index is -1.07. The summed E-state index contributed by atoms with van der Waals surface area (Å²) in [6.45, 7) is 18.6. The van der Waals surface area contributed by atoms with Crippen LogP contribution >= 0.6 is 11.8 Å². The Labute approximate surface area is 657 Å². The second-order valence-corrected chi connectivity index (χ2v) is 32.5. The Kier molecular flexibility index (Phi) is 42.8. The number of likely N-dealkylation sites (tertiary alicyclic amines) is 2. The fraction of sp³-hybridized carbons (Fsp3) is 0.699. The first-order valence-electron chi connectivity index (χ1n) is 40.0. The summed E-state index contributed by atoms with van der Waals surface area (Å²) >= 11 is 1.48. The molecule has 12 atom stereocenters. The van der Waals surface area contributed by atoms with Crippen molar-refractivity contribution in [3.63, 3.8) is 0 Å². The van der Waals surface area contributed by atoms with E-state index in [0.717, 1.165) is 44.1 Å². The van der Waals surface area contributed by atoms with Crippen LogP contribution < -0.4 is 27.4 Å². The summed E-state index contributed by atoms with van der Waals surface area (Å²) in [5, 5.41) is 18.0. The van der Waals surface area contributed by atoms with Crippen LogP contribution in [0, 0.1) is 47.3 Å². The van der Waals surface area contributed by atoms with Gasteiger partial charge >= 0.3 is 18.1 Å². The molecule has 4 rings (SSSR count). The number of nitrogens with two attached hydrogens (primary N) is 2. The lowest BCUT2D eigenvalue weighted by Gasteiger charge is -2.41. The predicted octanol–water partition coefficient (Wildman–Crippen LogP) is 9.84. The van der Waals surface area contributed by atoms with Gasteiger partial charge in [-0.2, -0.15) is 0 Å². The van der Waals surface area contributed by atoms with E-state index in [1.807, 2.05) is 71.9 Å². The number of carbonyl (C=O) groups is 13. The Morgan fingerprint density at radius 2 is 1.30 bits per heavy atom. The first kappa shape index (κ1) is 94.8. The van der Waals surface area contributed by atoms with Crippen LogP contribution in [0.15, 0.2) is 54.6 Å². The number of primary amides is 1. The number of carbonyl (C=O) groups excluding carboxylic acids is 12. The summed E-state index contributed by atoms with van der Waals surface area (Å²) < 4.78 is 17.9. The number of benzene rings is 2. The first-order chi connectivity index (χ1) is 52.3. The maximum atomic E-state index is 14.9. The highest BCUT2D eigenvalue weighted by molar-refractivity contribution is 8.00. The van der Waals surface area contributed by atoms with E-state index in [1.54, 1.807) is 61.9 Å². The molecule has 2 fully saturated rings. The van der Waals surface area contributed by atoms with Gasteiger partial charge in [0, 0.05) is 117 Å². The Balaban J connectivity index is 1.31. The van der Waals surface area contributed by atoms with Crippen LogP contribution in [-0.2, 0) is 86.4 Å². The fourth-order valence-electron chi connectivity index (χ4n) is 15.1. The molecule has 2 aliphatic heterocycles. The lowest BCUT2D eigenvalue weighted by Crippen LogP contribution is -2.54. The lowest BCUT2D eigenvalue weighted by atomic mass is 9.83. The molecule has 616 valence electrons. The van der Waals surface area contributed by atoms with Gasteiger partial charge in [-0.3, -0.25) is 57.6 Å². The molecule has 2 aromatic rings. The van der Waals surface area contributed by atoms with Crippen LogP contribution in [0.4, 0.5) is 9.59 Å². The standard InChI is InChI=1S/C83H131N9O17S/c1-14-56(8)77(69(107-12)50-73(99)91-43-28-32-64(91)78(108-13)57(9)65(93)48-62(81(103)104)45-58-29-19-15-20-30-58)89(10)79(101)63(53(2)3)49-68(96)76(55(6)7)90(11)83(106)109-52-60-37-35-59(36-38-60)46-66(94)61(31-27-41-87-82(85)105)47-67(95)75(54(4)5)88-72(98)34-21-16-25-42-92-74(100)51-70(80(92)102)110-44-26-17-22-33-71(97)86-40-24-18-23-39-84/h15,19-20,29-30,35-38,53-57,61-64,69-70,75-78H,14,16-18,21-28,31-34,39-52,84H2,1-13H3,(H,86,97)(H,88,98)(H,103,104)(H3,85,87,105)/t56-,57-,61+,62+,63-,64-,69+,70?,75?,76-,77-,78+/m0/s1. The summed E-state index contributed by atoms with van der Waals surface area (Å²) in [4.78, 5) is 181. The normalized spacial score (nSPS) is 17.2. The van der Waals surface area contributed by atoms with Gasteiger partial charge < -0.3 is 61.4 Å². The van der Waals surface area contributed by atoms with Crippen molar-refractivity contribution >= 4 is 88.4 Å². The second kappa shape index (κ2) is 49.7. The number of likely N-dealkylation sites (N-methyl/N-ethyl adjacent to an activating group) is 2. The predicted molar refractivity (Wildman–Crippen MR) is 424 cm³/mol. The molecular formula is C83H131N9O17S. The van der Waals surface area contributed by atoms with E-state index < -0.39 is 89.3 Å². The fourth-order valence-corrected chi connectivity index (χ4v) is 16.3. The minimum Gasteiger partial charge on any atom is -0.481 e. The number of Topliss-reactive ketones (excluding diaryl/α,β-unsaturated/α-hetero) is 4. The summed E-state index contributed by atoms with van der Waals surface area (Å²) in [6.07, 6.45) is 7.17. The molecule has 0 aliphatic carbocycles. The van der Waals surface area contributed by atoms with Crippen molar-refractivity contribution in [2.45, 2.75) is 258 Å². The first-order valence-corrected chi connectivity index (χ1v) is 41.1. The third-order valence-electron chi connectivity index (χ3n) is 21.8. The van der Waals surface area contributed by atoms with E-state index in [9.17, 15) is 67.4 Å². The molecule has 9 amide bonds. The van der Waals surface area contributed by atoms with Crippen LogP contribution in [0.2, 0.25) is 0 Å². The highest BCUT2D eigenvalue weighted by atomic mass is 32.2. The quantitative estimate of drug-likeness (QED) is 0.0265. The van der Waals surface area contributed by atoms with Crippen molar-refractivity contribution in [1.29, 1.82) is 0 Å². The molecule has 110 heavy (non-hydrogen) atoms. The van der Waals surface area contributed by atoms with Crippen LogP contribution in [0.5, 0.6) is 0 Å². The van der Waals surface area contributed by atoms with Crippen LogP contribution in [0.3, 0.4) is 0 Å². The number of rotatable bonds is 55. The van der Waals surface area contributed by atoms with Crippen molar-refractivity contribution in [3.8, 4) is 0 Å². The molecule has 27 heteroatoms. The van der Waals surface area contributed by atoms with Crippen molar-refractivity contribution < 1.29 is 81.6 Å². The van der Waals surface area contributed by atoms with E-state index in [4.69, 9.17) is 25.7 Å². The zero-order chi connectivity index (χ0) is 81.7. The van der Waals surface area contributed by atoms with Crippen LogP contribution in [-0.4, -0.2) is 210 Å². The van der Waals surface area contributed by atoms with E-state index in [2.05, 4.69) is 16.0 Å². The molecule has 2 heterocycles. The number of hydrogen-bond donors (Lipinski definition) is 6. The maximum Gasteiger partial charge on any atom is 0.410 e. The number of hydrogen-bond acceptors (Lipinski definition) is 18. The number of nitrogens with zero attached hydrogens (tertiary/aromatic N) is 4. The molecule has 0 aromatic heterocycles. The molecule has 8 N–H and O–H groups in total. The van der Waals surface area contributed by atoms with Crippen molar-refractivity contribution in [2.24, 2.45) is 58.8 Å². The number of imide groups is 1. The van der Waals surface area contributed by atoms with Crippen molar-refractivity contribution in [3.05, 3.63) is 71.3 Å². The molecule has 2 aliphatic rings. The van der Waals surface area contributed by atoms with E-state index in [-0.39, 0.29) is 154 Å². The number of carboxylic acid groups (broad SMARTS) is 1. The average Bonchev–Trinajstić information content (AvgIpc) is 1.77. The zero-order valence-corrected chi connectivity index (χ0v) is 68.7. The number of thioether (sulfide) groups is 1.